The number of carbonyl (C=O) groups excluding carboxylic acids is 1. The Morgan fingerprint density at radius 2 is 2.00 bits per heavy atom. The maximum absolute atomic E-state index is 11.9. The lowest BCUT2D eigenvalue weighted by Gasteiger charge is -2.13. The number of nitrogens with one attached hydrogen (secondary N) is 1. The van der Waals surface area contributed by atoms with E-state index in [-0.39, 0.29) is 18.3 Å². The number of halogens is 1. The smallest absolute Gasteiger partial charge is 0.240 e. The van der Waals surface area contributed by atoms with Crippen molar-refractivity contribution in [2.24, 2.45) is 5.73 Å². The summed E-state index contributed by atoms with van der Waals surface area (Å²) >= 11 is 0. The molecule has 5 nitrogen and oxygen atoms in total. The molecule has 1 saturated carbocycles. The molecule has 2 aromatic rings. The number of aromatic nitrogens is 2. The molecule has 112 valence electrons. The van der Waals surface area contributed by atoms with Crippen LogP contribution in [0.25, 0.3) is 0 Å². The second-order valence-electron chi connectivity index (χ2n) is 5.31. The summed E-state index contributed by atoms with van der Waals surface area (Å²) in [6.45, 7) is 1.21. The van der Waals surface area contributed by atoms with Crippen molar-refractivity contribution >= 4 is 18.3 Å². The third kappa shape index (κ3) is 3.62. The zero-order valence-corrected chi connectivity index (χ0v) is 12.5. The van der Waals surface area contributed by atoms with E-state index in [4.69, 9.17) is 5.73 Å². The van der Waals surface area contributed by atoms with Crippen LogP contribution >= 0.6 is 12.4 Å². The second-order valence-corrected chi connectivity index (χ2v) is 5.31. The van der Waals surface area contributed by atoms with Crippen LogP contribution in [0.15, 0.2) is 42.7 Å². The van der Waals surface area contributed by atoms with Crippen molar-refractivity contribution < 1.29 is 4.79 Å². The number of amides is 1. The number of nitrogens with two attached hydrogens (primary N) is 1. The lowest BCUT2D eigenvalue weighted by atomic mass is 10.1. The average molecular weight is 307 g/mol. The summed E-state index contributed by atoms with van der Waals surface area (Å²) in [6, 6.07) is 9.95. The molecule has 1 aliphatic rings. The maximum Gasteiger partial charge on any atom is 0.240 e. The van der Waals surface area contributed by atoms with Crippen LogP contribution < -0.4 is 11.1 Å². The van der Waals surface area contributed by atoms with Crippen molar-refractivity contribution in [3.63, 3.8) is 0 Å². The molecule has 1 aromatic carbocycles. The summed E-state index contributed by atoms with van der Waals surface area (Å²) in [5, 5.41) is 7.13. The van der Waals surface area contributed by atoms with E-state index in [1.165, 1.54) is 0 Å². The fourth-order valence-corrected chi connectivity index (χ4v) is 2.17. The molecule has 0 saturated heterocycles. The van der Waals surface area contributed by atoms with Crippen LogP contribution in [0.3, 0.4) is 0 Å². The molecule has 6 heteroatoms. The van der Waals surface area contributed by atoms with Crippen molar-refractivity contribution in [1.82, 2.24) is 15.1 Å². The van der Waals surface area contributed by atoms with Crippen molar-refractivity contribution in [3.8, 4) is 0 Å². The first-order valence-electron chi connectivity index (χ1n) is 6.79. The minimum absolute atomic E-state index is 0. The Morgan fingerprint density at radius 1 is 1.29 bits per heavy atom. The Morgan fingerprint density at radius 3 is 2.62 bits per heavy atom. The highest BCUT2D eigenvalue weighted by Gasteiger charge is 2.45. The van der Waals surface area contributed by atoms with Gasteiger partial charge in [-0.1, -0.05) is 24.3 Å². The number of hydrogen-bond donors (Lipinski definition) is 2. The Kier molecular flexibility index (Phi) is 4.65. The highest BCUT2D eigenvalue weighted by molar-refractivity contribution is 5.88. The van der Waals surface area contributed by atoms with Gasteiger partial charge in [-0.25, -0.2) is 0 Å². The highest BCUT2D eigenvalue weighted by Crippen LogP contribution is 2.32. The second kappa shape index (κ2) is 6.28. The summed E-state index contributed by atoms with van der Waals surface area (Å²) in [7, 11) is 0. The van der Waals surface area contributed by atoms with Crippen LogP contribution in [0.2, 0.25) is 0 Å². The minimum atomic E-state index is -0.614. The third-order valence-corrected chi connectivity index (χ3v) is 3.69. The predicted molar refractivity (Wildman–Crippen MR) is 83.0 cm³/mol. The quantitative estimate of drug-likeness (QED) is 0.878. The summed E-state index contributed by atoms with van der Waals surface area (Å²) in [6.07, 6.45) is 5.26. The Labute approximate surface area is 129 Å². The first kappa shape index (κ1) is 15.5. The van der Waals surface area contributed by atoms with Gasteiger partial charge in [0.1, 0.15) is 0 Å². The number of rotatable bonds is 5. The molecule has 21 heavy (non-hydrogen) atoms. The number of carbonyl (C=O) groups is 1. The topological polar surface area (TPSA) is 72.9 Å². The van der Waals surface area contributed by atoms with Gasteiger partial charge in [0.05, 0.1) is 12.1 Å². The summed E-state index contributed by atoms with van der Waals surface area (Å²) in [5.41, 5.74) is 7.51. The van der Waals surface area contributed by atoms with Gasteiger partial charge in [0.15, 0.2) is 0 Å². The van der Waals surface area contributed by atoms with Crippen molar-refractivity contribution in [1.29, 1.82) is 0 Å². The standard InChI is InChI=1S/C15H18N4O.ClH/c16-15(6-7-15)14(20)17-10-12-4-1-2-5-13(12)11-19-9-3-8-18-19;/h1-5,8-9H,6-7,10-11,16H2,(H,17,20);1H. The number of benzene rings is 1. The van der Waals surface area contributed by atoms with Crippen LogP contribution in [-0.4, -0.2) is 21.2 Å². The Balaban J connectivity index is 0.00000161. The number of nitrogens with zero attached hydrogens (tertiary/aromatic N) is 2. The molecule has 0 spiro atoms. The van der Waals surface area contributed by atoms with Crippen LogP contribution in [0.4, 0.5) is 0 Å². The average Bonchev–Trinajstić information content (AvgIpc) is 3.00. The molecule has 0 unspecified atom stereocenters. The molecule has 0 aliphatic heterocycles. The van der Waals surface area contributed by atoms with E-state index in [1.54, 1.807) is 6.20 Å². The van der Waals surface area contributed by atoms with E-state index in [1.807, 2.05) is 35.1 Å². The van der Waals surface area contributed by atoms with E-state index >= 15 is 0 Å². The molecule has 3 N–H and O–H groups in total. The van der Waals surface area contributed by atoms with Gasteiger partial charge in [-0.05, 0) is 30.0 Å². The molecular weight excluding hydrogens is 288 g/mol. The normalized spacial score (nSPS) is 15.1. The summed E-state index contributed by atoms with van der Waals surface area (Å²) in [5.74, 6) is -0.0496. The molecule has 0 atom stereocenters. The molecule has 1 aliphatic carbocycles. The van der Waals surface area contributed by atoms with Gasteiger partial charge in [0.25, 0.3) is 0 Å². The van der Waals surface area contributed by atoms with Crippen molar-refractivity contribution in [2.45, 2.75) is 31.5 Å². The van der Waals surface area contributed by atoms with Crippen LogP contribution in [0.1, 0.15) is 24.0 Å². The molecule has 1 amide bonds. The molecular formula is C15H19ClN4O. The van der Waals surface area contributed by atoms with Gasteiger partial charge in [-0.15, -0.1) is 12.4 Å². The van der Waals surface area contributed by atoms with E-state index in [2.05, 4.69) is 16.5 Å². The first-order valence-corrected chi connectivity index (χ1v) is 6.79. The highest BCUT2D eigenvalue weighted by atomic mass is 35.5. The van der Waals surface area contributed by atoms with Crippen molar-refractivity contribution in [3.05, 3.63) is 53.9 Å². The van der Waals surface area contributed by atoms with Gasteiger partial charge < -0.3 is 11.1 Å². The molecule has 1 heterocycles. The Hall–Kier alpha value is -1.85. The zero-order valence-electron chi connectivity index (χ0n) is 11.7. The predicted octanol–water partition coefficient (Wildman–Crippen LogP) is 1.46. The largest absolute Gasteiger partial charge is 0.350 e. The zero-order chi connectivity index (χ0) is 14.0. The minimum Gasteiger partial charge on any atom is -0.350 e. The van der Waals surface area contributed by atoms with E-state index in [0.29, 0.717) is 13.1 Å². The number of hydrogen-bond acceptors (Lipinski definition) is 3. The van der Waals surface area contributed by atoms with Crippen molar-refractivity contribution in [2.75, 3.05) is 0 Å². The third-order valence-electron chi connectivity index (χ3n) is 3.69. The van der Waals surface area contributed by atoms with Gasteiger partial charge >= 0.3 is 0 Å². The molecule has 1 aromatic heterocycles. The van der Waals surface area contributed by atoms with Gasteiger partial charge in [-0.2, -0.15) is 5.10 Å². The lowest BCUT2D eigenvalue weighted by Crippen LogP contribution is -2.42. The molecule has 0 radical (unpaired) electrons. The summed E-state index contributed by atoms with van der Waals surface area (Å²) in [4.78, 5) is 11.9. The lowest BCUT2D eigenvalue weighted by molar-refractivity contribution is -0.123. The van der Waals surface area contributed by atoms with E-state index in [9.17, 15) is 4.79 Å². The van der Waals surface area contributed by atoms with E-state index in [0.717, 1.165) is 24.0 Å². The van der Waals surface area contributed by atoms with Crippen LogP contribution in [-0.2, 0) is 17.9 Å². The van der Waals surface area contributed by atoms with Gasteiger partial charge in [-0.3, -0.25) is 9.48 Å². The molecule has 3 rings (SSSR count). The fraction of sp³-hybridized carbons (Fsp3) is 0.333. The molecule has 1 fully saturated rings. The van der Waals surface area contributed by atoms with Gasteiger partial charge in [0.2, 0.25) is 5.91 Å². The monoisotopic (exact) mass is 306 g/mol. The first-order chi connectivity index (χ1) is 9.67. The van der Waals surface area contributed by atoms with E-state index < -0.39 is 5.54 Å². The fourth-order valence-electron chi connectivity index (χ4n) is 2.17. The van der Waals surface area contributed by atoms with Crippen LogP contribution in [0.5, 0.6) is 0 Å². The van der Waals surface area contributed by atoms with Crippen LogP contribution in [0, 0.1) is 0 Å². The Bertz CT molecular complexity index is 608. The SMILES string of the molecule is Cl.NC1(C(=O)NCc2ccccc2Cn2cccn2)CC1. The van der Waals surface area contributed by atoms with Gasteiger partial charge in [0, 0.05) is 18.9 Å². The summed E-state index contributed by atoms with van der Waals surface area (Å²) < 4.78 is 1.87. The molecule has 0 bridgehead atoms. The maximum atomic E-state index is 11.9.